The highest BCUT2D eigenvalue weighted by molar-refractivity contribution is 9.10. The number of halogens is 3. The van der Waals surface area contributed by atoms with Crippen molar-refractivity contribution >= 4 is 27.5 Å². The first-order valence-electron chi connectivity index (χ1n) is 4.88. The van der Waals surface area contributed by atoms with Crippen LogP contribution in [0.1, 0.15) is 12.5 Å². The Morgan fingerprint density at radius 1 is 1.62 bits per heavy atom. The topological polar surface area (TPSA) is 18.5 Å². The van der Waals surface area contributed by atoms with Gasteiger partial charge in [-0.05, 0) is 25.1 Å². The van der Waals surface area contributed by atoms with Crippen LogP contribution in [-0.4, -0.2) is 18.6 Å². The van der Waals surface area contributed by atoms with Gasteiger partial charge in [0.15, 0.2) is 5.79 Å². The van der Waals surface area contributed by atoms with Gasteiger partial charge in [-0.3, -0.25) is 0 Å². The summed E-state index contributed by atoms with van der Waals surface area (Å²) in [7, 11) is 0. The molecule has 88 valence electrons. The van der Waals surface area contributed by atoms with Crippen molar-refractivity contribution in [3.63, 3.8) is 0 Å². The molecule has 0 N–H and O–H groups in total. The predicted molar refractivity (Wildman–Crippen MR) is 63.0 cm³/mol. The third kappa shape index (κ3) is 2.25. The molecule has 1 aromatic rings. The first-order chi connectivity index (χ1) is 7.55. The van der Waals surface area contributed by atoms with Crippen LogP contribution >= 0.6 is 27.5 Å². The minimum atomic E-state index is -0.855. The molecule has 1 saturated heterocycles. The fraction of sp³-hybridized carbons (Fsp3) is 0.455. The molecule has 0 amide bonds. The Balaban J connectivity index is 2.30. The van der Waals surface area contributed by atoms with Crippen molar-refractivity contribution < 1.29 is 13.9 Å². The molecule has 16 heavy (non-hydrogen) atoms. The monoisotopic (exact) mass is 308 g/mol. The second-order valence-electron chi connectivity index (χ2n) is 3.78. The number of hydrogen-bond donors (Lipinski definition) is 0. The molecule has 5 heteroatoms. The first kappa shape index (κ1) is 12.3. The molecule has 1 fully saturated rings. The maximum absolute atomic E-state index is 13.0. The Bertz CT molecular complexity index is 402. The molecule has 0 saturated carbocycles. The number of hydrogen-bond acceptors (Lipinski definition) is 2. The molecule has 2 nitrogen and oxygen atoms in total. The van der Waals surface area contributed by atoms with Gasteiger partial charge in [-0.2, -0.15) is 0 Å². The second kappa shape index (κ2) is 4.61. The van der Waals surface area contributed by atoms with Crippen LogP contribution in [0.25, 0.3) is 0 Å². The van der Waals surface area contributed by atoms with E-state index < -0.39 is 5.79 Å². The maximum Gasteiger partial charge on any atom is 0.193 e. The molecule has 2 unspecified atom stereocenters. The zero-order chi connectivity index (χ0) is 11.8. The fourth-order valence-corrected chi connectivity index (χ4v) is 2.58. The summed E-state index contributed by atoms with van der Waals surface area (Å²) in [4.78, 5) is 0. The van der Waals surface area contributed by atoms with Gasteiger partial charge in [-0.15, -0.1) is 11.6 Å². The van der Waals surface area contributed by atoms with Gasteiger partial charge < -0.3 is 9.47 Å². The van der Waals surface area contributed by atoms with Gasteiger partial charge in [-0.25, -0.2) is 4.39 Å². The van der Waals surface area contributed by atoms with E-state index in [1.165, 1.54) is 12.1 Å². The zero-order valence-electron chi connectivity index (χ0n) is 8.67. The largest absolute Gasteiger partial charge is 0.343 e. The molecule has 1 aromatic carbocycles. The third-order valence-corrected chi connectivity index (χ3v) is 3.53. The molecular weight excluding hydrogens is 298 g/mol. The molecule has 1 aliphatic heterocycles. The summed E-state index contributed by atoms with van der Waals surface area (Å²) in [6.07, 6.45) is -0.122. The maximum atomic E-state index is 13.0. The van der Waals surface area contributed by atoms with E-state index in [-0.39, 0.29) is 11.9 Å². The van der Waals surface area contributed by atoms with Crippen molar-refractivity contribution in [3.05, 3.63) is 34.1 Å². The molecule has 2 atom stereocenters. The standard InChI is InChI=1S/C11H11BrClFO2/c1-11(15-6-8(5-13)16-11)9-3-2-7(14)4-10(9)12/h2-4,8H,5-6H2,1H3. The predicted octanol–water partition coefficient (Wildman–Crippen LogP) is 3.42. The van der Waals surface area contributed by atoms with Gasteiger partial charge >= 0.3 is 0 Å². The van der Waals surface area contributed by atoms with E-state index >= 15 is 0 Å². The summed E-state index contributed by atoms with van der Waals surface area (Å²) in [5.41, 5.74) is 0.765. The highest BCUT2D eigenvalue weighted by Gasteiger charge is 2.39. The first-order valence-corrected chi connectivity index (χ1v) is 6.21. The van der Waals surface area contributed by atoms with Crippen molar-refractivity contribution in [1.29, 1.82) is 0 Å². The fourth-order valence-electron chi connectivity index (χ4n) is 1.71. The second-order valence-corrected chi connectivity index (χ2v) is 4.94. The van der Waals surface area contributed by atoms with Gasteiger partial charge in [0.05, 0.1) is 18.6 Å². The Kier molecular flexibility index (Phi) is 3.54. The van der Waals surface area contributed by atoms with Crippen LogP contribution in [0.2, 0.25) is 0 Å². The van der Waals surface area contributed by atoms with Gasteiger partial charge in [0.2, 0.25) is 0 Å². The van der Waals surface area contributed by atoms with Crippen LogP contribution < -0.4 is 0 Å². The van der Waals surface area contributed by atoms with Crippen molar-refractivity contribution in [2.24, 2.45) is 0 Å². The minimum Gasteiger partial charge on any atom is -0.343 e. The number of benzene rings is 1. The summed E-state index contributed by atoms with van der Waals surface area (Å²) < 4.78 is 24.9. The van der Waals surface area contributed by atoms with Gasteiger partial charge in [0, 0.05) is 10.0 Å². The Hall–Kier alpha value is -0.160. The molecule has 0 aromatic heterocycles. The summed E-state index contributed by atoms with van der Waals surface area (Å²) in [6.45, 7) is 2.25. The number of rotatable bonds is 2. The van der Waals surface area contributed by atoms with Gasteiger partial charge in [0.1, 0.15) is 5.82 Å². The van der Waals surface area contributed by atoms with E-state index in [0.717, 1.165) is 5.56 Å². The van der Waals surface area contributed by atoms with Crippen molar-refractivity contribution in [3.8, 4) is 0 Å². The van der Waals surface area contributed by atoms with Crippen LogP contribution in [0.3, 0.4) is 0 Å². The summed E-state index contributed by atoms with van der Waals surface area (Å²) in [5.74, 6) is -0.772. The number of ether oxygens (including phenoxy) is 2. The third-order valence-electron chi connectivity index (χ3n) is 2.53. The average Bonchev–Trinajstić information content (AvgIpc) is 2.61. The number of alkyl halides is 1. The summed E-state index contributed by atoms with van der Waals surface area (Å²) in [6, 6.07) is 4.42. The highest BCUT2D eigenvalue weighted by atomic mass is 79.9. The van der Waals surface area contributed by atoms with Crippen LogP contribution in [0.4, 0.5) is 4.39 Å². The summed E-state index contributed by atoms with van der Waals surface area (Å²) in [5, 5.41) is 0. The Morgan fingerprint density at radius 3 is 2.94 bits per heavy atom. The van der Waals surface area contributed by atoms with Crippen molar-refractivity contribution in [2.75, 3.05) is 12.5 Å². The normalized spacial score (nSPS) is 29.6. The van der Waals surface area contributed by atoms with E-state index in [2.05, 4.69) is 15.9 Å². The quantitative estimate of drug-likeness (QED) is 0.779. The van der Waals surface area contributed by atoms with E-state index in [9.17, 15) is 4.39 Å². The molecule has 0 bridgehead atoms. The van der Waals surface area contributed by atoms with E-state index in [1.54, 1.807) is 13.0 Å². The molecule has 0 radical (unpaired) electrons. The Labute approximate surface area is 107 Å². The molecule has 1 aliphatic rings. The van der Waals surface area contributed by atoms with Crippen LogP contribution in [0, 0.1) is 5.82 Å². The van der Waals surface area contributed by atoms with Crippen LogP contribution in [0.5, 0.6) is 0 Å². The molecule has 0 spiro atoms. The summed E-state index contributed by atoms with van der Waals surface area (Å²) >= 11 is 9.01. The highest BCUT2D eigenvalue weighted by Crippen LogP contribution is 2.38. The lowest BCUT2D eigenvalue weighted by molar-refractivity contribution is -0.160. The zero-order valence-corrected chi connectivity index (χ0v) is 11.0. The Morgan fingerprint density at radius 2 is 2.38 bits per heavy atom. The molecule has 2 rings (SSSR count). The average molecular weight is 310 g/mol. The van der Waals surface area contributed by atoms with Crippen molar-refractivity contribution in [2.45, 2.75) is 18.8 Å². The minimum absolute atomic E-state index is 0.122. The van der Waals surface area contributed by atoms with Gasteiger partial charge in [-0.1, -0.05) is 15.9 Å². The van der Waals surface area contributed by atoms with Crippen molar-refractivity contribution in [1.82, 2.24) is 0 Å². The molecule has 1 heterocycles. The SMILES string of the molecule is CC1(c2ccc(F)cc2Br)OCC(CCl)O1. The molecular formula is C11H11BrClFO2. The van der Waals surface area contributed by atoms with E-state index in [1.807, 2.05) is 0 Å². The van der Waals surface area contributed by atoms with E-state index in [4.69, 9.17) is 21.1 Å². The smallest absolute Gasteiger partial charge is 0.193 e. The lowest BCUT2D eigenvalue weighted by Gasteiger charge is -2.24. The van der Waals surface area contributed by atoms with Crippen LogP contribution in [0.15, 0.2) is 22.7 Å². The lowest BCUT2D eigenvalue weighted by atomic mass is 10.1. The lowest BCUT2D eigenvalue weighted by Crippen LogP contribution is -2.24. The molecule has 0 aliphatic carbocycles. The van der Waals surface area contributed by atoms with Gasteiger partial charge in [0.25, 0.3) is 0 Å². The van der Waals surface area contributed by atoms with E-state index in [0.29, 0.717) is 17.0 Å². The van der Waals surface area contributed by atoms with Crippen LogP contribution in [-0.2, 0) is 15.3 Å².